The standard InChI is InChI=1S/C11H10ClN5S/c1-6(8-2-3-9(12)18-8)16-10-7-4-15-17-11(7)14-5-13-10/h2-6H,1H3,(H2,13,14,15,16,17)/t6-/m0/s1. The van der Waals surface area contributed by atoms with Crippen LogP contribution < -0.4 is 5.32 Å². The number of aromatic nitrogens is 4. The second-order valence-electron chi connectivity index (χ2n) is 3.86. The Hall–Kier alpha value is -1.66. The van der Waals surface area contributed by atoms with Gasteiger partial charge in [0, 0.05) is 4.88 Å². The van der Waals surface area contributed by atoms with Gasteiger partial charge in [0.15, 0.2) is 5.65 Å². The van der Waals surface area contributed by atoms with Crippen molar-refractivity contribution in [1.29, 1.82) is 0 Å². The zero-order chi connectivity index (χ0) is 12.5. The maximum absolute atomic E-state index is 5.94. The van der Waals surface area contributed by atoms with E-state index < -0.39 is 0 Å². The first kappa shape index (κ1) is 11.4. The van der Waals surface area contributed by atoms with E-state index in [1.54, 1.807) is 17.5 Å². The summed E-state index contributed by atoms with van der Waals surface area (Å²) in [5, 5.41) is 11.0. The molecule has 0 radical (unpaired) electrons. The second-order valence-corrected chi connectivity index (χ2v) is 5.61. The molecule has 0 saturated heterocycles. The largest absolute Gasteiger partial charge is 0.362 e. The van der Waals surface area contributed by atoms with Gasteiger partial charge in [-0.2, -0.15) is 5.10 Å². The number of halogens is 1. The minimum Gasteiger partial charge on any atom is -0.362 e. The first-order valence-corrected chi connectivity index (χ1v) is 6.59. The molecule has 0 aliphatic heterocycles. The third-order valence-electron chi connectivity index (χ3n) is 2.62. The first-order chi connectivity index (χ1) is 8.74. The highest BCUT2D eigenvalue weighted by Crippen LogP contribution is 2.29. The monoisotopic (exact) mass is 279 g/mol. The summed E-state index contributed by atoms with van der Waals surface area (Å²) in [6, 6.07) is 4.04. The van der Waals surface area contributed by atoms with Crippen LogP contribution in [0.1, 0.15) is 17.8 Å². The van der Waals surface area contributed by atoms with Gasteiger partial charge in [-0.3, -0.25) is 5.10 Å². The van der Waals surface area contributed by atoms with Crippen molar-refractivity contribution in [3.63, 3.8) is 0 Å². The number of nitrogens with one attached hydrogen (secondary N) is 2. The van der Waals surface area contributed by atoms with Crippen LogP contribution in [0.4, 0.5) is 5.82 Å². The van der Waals surface area contributed by atoms with Gasteiger partial charge in [-0.15, -0.1) is 11.3 Å². The van der Waals surface area contributed by atoms with Gasteiger partial charge >= 0.3 is 0 Å². The summed E-state index contributed by atoms with van der Waals surface area (Å²) >= 11 is 7.49. The van der Waals surface area contributed by atoms with Crippen LogP contribution in [-0.2, 0) is 0 Å². The number of anilines is 1. The van der Waals surface area contributed by atoms with Crippen LogP contribution in [0.3, 0.4) is 0 Å². The smallest absolute Gasteiger partial charge is 0.160 e. The molecule has 92 valence electrons. The van der Waals surface area contributed by atoms with Crippen molar-refractivity contribution in [3.05, 3.63) is 33.9 Å². The Labute approximate surface area is 112 Å². The molecule has 3 aromatic rings. The number of thiophene rings is 1. The molecule has 0 bridgehead atoms. The lowest BCUT2D eigenvalue weighted by atomic mass is 10.2. The SMILES string of the molecule is C[C@H](Nc1ncnc2[nH]ncc12)c1ccc(Cl)s1. The fourth-order valence-electron chi connectivity index (χ4n) is 1.72. The maximum Gasteiger partial charge on any atom is 0.160 e. The van der Waals surface area contributed by atoms with Crippen molar-refractivity contribution < 1.29 is 0 Å². The minimum absolute atomic E-state index is 0.135. The van der Waals surface area contributed by atoms with E-state index in [0.29, 0.717) is 0 Å². The fourth-order valence-corrected chi connectivity index (χ4v) is 2.78. The highest BCUT2D eigenvalue weighted by Gasteiger charge is 2.11. The van der Waals surface area contributed by atoms with Crippen molar-refractivity contribution in [2.45, 2.75) is 13.0 Å². The topological polar surface area (TPSA) is 66.5 Å². The highest BCUT2D eigenvalue weighted by atomic mass is 35.5. The Morgan fingerprint density at radius 1 is 1.39 bits per heavy atom. The van der Waals surface area contributed by atoms with Gasteiger partial charge in [0.25, 0.3) is 0 Å². The molecule has 0 aliphatic rings. The van der Waals surface area contributed by atoms with Crippen LogP contribution in [-0.4, -0.2) is 20.2 Å². The van der Waals surface area contributed by atoms with Gasteiger partial charge in [0.2, 0.25) is 0 Å². The van der Waals surface area contributed by atoms with E-state index in [1.807, 2.05) is 12.1 Å². The number of aromatic amines is 1. The molecule has 1 atom stereocenters. The van der Waals surface area contributed by atoms with E-state index >= 15 is 0 Å². The summed E-state index contributed by atoms with van der Waals surface area (Å²) < 4.78 is 0.787. The lowest BCUT2D eigenvalue weighted by molar-refractivity contribution is 0.897. The van der Waals surface area contributed by atoms with Crippen molar-refractivity contribution in [2.75, 3.05) is 5.32 Å². The molecule has 0 unspecified atom stereocenters. The summed E-state index contributed by atoms with van der Waals surface area (Å²) in [5.41, 5.74) is 0.726. The van der Waals surface area contributed by atoms with Crippen molar-refractivity contribution >= 4 is 39.8 Å². The molecule has 0 aliphatic carbocycles. The summed E-state index contributed by atoms with van der Waals surface area (Å²) in [7, 11) is 0. The quantitative estimate of drug-likeness (QED) is 0.772. The molecule has 0 fully saturated rings. The molecule has 7 heteroatoms. The van der Waals surface area contributed by atoms with E-state index in [2.05, 4.69) is 32.4 Å². The molecule has 2 N–H and O–H groups in total. The molecule has 5 nitrogen and oxygen atoms in total. The van der Waals surface area contributed by atoms with Crippen molar-refractivity contribution in [3.8, 4) is 0 Å². The van der Waals surface area contributed by atoms with E-state index in [9.17, 15) is 0 Å². The molecular weight excluding hydrogens is 270 g/mol. The van der Waals surface area contributed by atoms with E-state index in [1.165, 1.54) is 6.33 Å². The average molecular weight is 280 g/mol. The Balaban J connectivity index is 1.90. The molecule has 0 saturated carbocycles. The lowest BCUT2D eigenvalue weighted by Crippen LogP contribution is -2.06. The van der Waals surface area contributed by atoms with Gasteiger partial charge in [0.1, 0.15) is 12.1 Å². The number of rotatable bonds is 3. The van der Waals surface area contributed by atoms with Gasteiger partial charge in [-0.25, -0.2) is 9.97 Å². The van der Waals surface area contributed by atoms with Crippen LogP contribution >= 0.6 is 22.9 Å². The van der Waals surface area contributed by atoms with Crippen LogP contribution in [0, 0.1) is 0 Å². The fraction of sp³-hybridized carbons (Fsp3) is 0.182. The van der Waals surface area contributed by atoms with Gasteiger partial charge < -0.3 is 5.32 Å². The summed E-state index contributed by atoms with van der Waals surface area (Å²) in [4.78, 5) is 9.50. The van der Waals surface area contributed by atoms with Gasteiger partial charge in [0.05, 0.1) is 22.0 Å². The molecular formula is C11H10ClN5S. The predicted molar refractivity (Wildman–Crippen MR) is 73.1 cm³/mol. The molecule has 0 aromatic carbocycles. The van der Waals surface area contributed by atoms with Crippen LogP contribution in [0.15, 0.2) is 24.7 Å². The minimum atomic E-state index is 0.135. The predicted octanol–water partition coefficient (Wildman–Crippen LogP) is 3.24. The number of nitrogens with zero attached hydrogens (tertiary/aromatic N) is 3. The normalized spacial score (nSPS) is 12.8. The molecule has 0 amide bonds. The number of hydrogen-bond donors (Lipinski definition) is 2. The number of hydrogen-bond acceptors (Lipinski definition) is 5. The van der Waals surface area contributed by atoms with Gasteiger partial charge in [-0.1, -0.05) is 11.6 Å². The molecule has 0 spiro atoms. The second kappa shape index (κ2) is 4.55. The third-order valence-corrected chi connectivity index (χ3v) is 4.04. The summed E-state index contributed by atoms with van der Waals surface area (Å²) in [6.45, 7) is 2.07. The third kappa shape index (κ3) is 2.04. The van der Waals surface area contributed by atoms with E-state index in [0.717, 1.165) is 26.1 Å². The Morgan fingerprint density at radius 2 is 2.28 bits per heavy atom. The van der Waals surface area contributed by atoms with Crippen molar-refractivity contribution in [2.24, 2.45) is 0 Å². The van der Waals surface area contributed by atoms with Crippen molar-refractivity contribution in [1.82, 2.24) is 20.2 Å². The van der Waals surface area contributed by atoms with Crippen LogP contribution in [0.2, 0.25) is 4.34 Å². The zero-order valence-electron chi connectivity index (χ0n) is 9.51. The maximum atomic E-state index is 5.94. The summed E-state index contributed by atoms with van der Waals surface area (Å²) in [6.07, 6.45) is 3.22. The summed E-state index contributed by atoms with van der Waals surface area (Å²) in [5.74, 6) is 0.769. The number of fused-ring (bicyclic) bond motifs is 1. The Kier molecular flexibility index (Phi) is 2.89. The Bertz CT molecular complexity index is 677. The first-order valence-electron chi connectivity index (χ1n) is 5.40. The average Bonchev–Trinajstić information content (AvgIpc) is 2.97. The molecule has 3 aromatic heterocycles. The number of H-pyrrole nitrogens is 1. The molecule has 3 rings (SSSR count). The zero-order valence-corrected chi connectivity index (χ0v) is 11.1. The van der Waals surface area contributed by atoms with E-state index in [-0.39, 0.29) is 6.04 Å². The van der Waals surface area contributed by atoms with Gasteiger partial charge in [-0.05, 0) is 19.1 Å². The Morgan fingerprint density at radius 3 is 3.06 bits per heavy atom. The van der Waals surface area contributed by atoms with Crippen LogP contribution in [0.5, 0.6) is 0 Å². The van der Waals surface area contributed by atoms with E-state index in [4.69, 9.17) is 11.6 Å². The lowest BCUT2D eigenvalue weighted by Gasteiger charge is -2.12. The molecule has 3 heterocycles. The highest BCUT2D eigenvalue weighted by molar-refractivity contribution is 7.16. The van der Waals surface area contributed by atoms with Crippen LogP contribution in [0.25, 0.3) is 11.0 Å². The molecule has 18 heavy (non-hydrogen) atoms.